The Bertz CT molecular complexity index is 629. The molecule has 0 amide bonds. The van der Waals surface area contributed by atoms with Gasteiger partial charge in [-0.1, -0.05) is 58.0 Å². The first-order valence-corrected chi connectivity index (χ1v) is 7.07. The normalized spacial score (nSPS) is 9.25. The standard InChI is InChI=1S/C12H10N4.2C2H6/c1-9-7-11(10-5-3-2-4-6-10)15-12-13-8-14-16(9)12;2*1-2/h2-8H,1H3;2*1-2H3. The lowest BCUT2D eigenvalue weighted by Crippen LogP contribution is -1.97. The van der Waals surface area contributed by atoms with Crippen LogP contribution in [0, 0.1) is 6.92 Å². The second-order valence-corrected chi connectivity index (χ2v) is 3.62. The van der Waals surface area contributed by atoms with Crippen molar-refractivity contribution in [3.8, 4) is 11.3 Å². The summed E-state index contributed by atoms with van der Waals surface area (Å²) < 4.78 is 1.73. The molecule has 0 aliphatic carbocycles. The summed E-state index contributed by atoms with van der Waals surface area (Å²) in [6, 6.07) is 12.1. The Kier molecular flexibility index (Phi) is 6.37. The van der Waals surface area contributed by atoms with Crippen molar-refractivity contribution in [2.24, 2.45) is 0 Å². The number of aryl methyl sites for hydroxylation is 1. The van der Waals surface area contributed by atoms with Gasteiger partial charge < -0.3 is 0 Å². The van der Waals surface area contributed by atoms with Gasteiger partial charge >= 0.3 is 0 Å². The molecule has 0 saturated heterocycles. The summed E-state index contributed by atoms with van der Waals surface area (Å²) in [5, 5.41) is 4.10. The summed E-state index contributed by atoms with van der Waals surface area (Å²) in [4.78, 5) is 8.56. The third-order valence-electron chi connectivity index (χ3n) is 2.50. The van der Waals surface area contributed by atoms with E-state index in [-0.39, 0.29) is 0 Å². The van der Waals surface area contributed by atoms with Crippen molar-refractivity contribution in [1.29, 1.82) is 0 Å². The van der Waals surface area contributed by atoms with E-state index in [2.05, 4.69) is 15.1 Å². The van der Waals surface area contributed by atoms with Crippen LogP contribution < -0.4 is 0 Å². The van der Waals surface area contributed by atoms with Gasteiger partial charge in [-0.25, -0.2) is 9.50 Å². The van der Waals surface area contributed by atoms with Crippen molar-refractivity contribution in [1.82, 2.24) is 19.6 Å². The zero-order chi connectivity index (χ0) is 15.0. The molecule has 0 aliphatic heterocycles. The van der Waals surface area contributed by atoms with Crippen LogP contribution in [0.5, 0.6) is 0 Å². The van der Waals surface area contributed by atoms with Crippen molar-refractivity contribution in [2.75, 3.05) is 0 Å². The summed E-state index contributed by atoms with van der Waals surface area (Å²) in [5.74, 6) is 0.638. The highest BCUT2D eigenvalue weighted by Gasteiger charge is 2.05. The zero-order valence-corrected chi connectivity index (χ0v) is 12.8. The van der Waals surface area contributed by atoms with Gasteiger partial charge in [0, 0.05) is 11.3 Å². The molecule has 106 valence electrons. The number of benzene rings is 1. The monoisotopic (exact) mass is 270 g/mol. The molecule has 20 heavy (non-hydrogen) atoms. The van der Waals surface area contributed by atoms with Crippen molar-refractivity contribution in [3.63, 3.8) is 0 Å². The predicted molar refractivity (Wildman–Crippen MR) is 83.7 cm³/mol. The highest BCUT2D eigenvalue weighted by atomic mass is 15.3. The zero-order valence-electron chi connectivity index (χ0n) is 12.8. The second-order valence-electron chi connectivity index (χ2n) is 3.62. The molecular formula is C16H22N4. The lowest BCUT2D eigenvalue weighted by atomic mass is 10.1. The molecule has 0 bridgehead atoms. The van der Waals surface area contributed by atoms with E-state index >= 15 is 0 Å². The Labute approximate surface area is 120 Å². The molecule has 0 radical (unpaired) electrons. The average molecular weight is 270 g/mol. The van der Waals surface area contributed by atoms with Gasteiger partial charge in [-0.15, -0.1) is 0 Å². The maximum absolute atomic E-state index is 4.46. The molecule has 1 aromatic carbocycles. The molecule has 0 unspecified atom stereocenters. The topological polar surface area (TPSA) is 43.1 Å². The Morgan fingerprint density at radius 2 is 1.60 bits per heavy atom. The summed E-state index contributed by atoms with van der Waals surface area (Å²) in [6.45, 7) is 10.00. The predicted octanol–water partition coefficient (Wildman–Crippen LogP) is 4.15. The number of hydrogen-bond acceptors (Lipinski definition) is 3. The number of fused-ring (bicyclic) bond motifs is 1. The second kappa shape index (κ2) is 8.04. The third-order valence-corrected chi connectivity index (χ3v) is 2.50. The molecule has 0 spiro atoms. The third kappa shape index (κ3) is 3.41. The van der Waals surface area contributed by atoms with E-state index in [4.69, 9.17) is 0 Å². The molecule has 0 aliphatic rings. The lowest BCUT2D eigenvalue weighted by Gasteiger charge is -2.03. The molecule has 0 N–H and O–H groups in total. The molecule has 3 rings (SSSR count). The Hall–Kier alpha value is -2.23. The minimum absolute atomic E-state index is 0.638. The fourth-order valence-corrected chi connectivity index (χ4v) is 1.72. The van der Waals surface area contributed by atoms with Crippen molar-refractivity contribution in [3.05, 3.63) is 48.4 Å². The number of rotatable bonds is 1. The van der Waals surface area contributed by atoms with Gasteiger partial charge in [0.05, 0.1) is 5.69 Å². The van der Waals surface area contributed by atoms with E-state index in [9.17, 15) is 0 Å². The van der Waals surface area contributed by atoms with Crippen molar-refractivity contribution in [2.45, 2.75) is 34.6 Å². The van der Waals surface area contributed by atoms with Gasteiger partial charge in [0.15, 0.2) is 0 Å². The van der Waals surface area contributed by atoms with E-state index in [0.717, 1.165) is 17.0 Å². The van der Waals surface area contributed by atoms with Crippen LogP contribution in [0.4, 0.5) is 0 Å². The fourth-order valence-electron chi connectivity index (χ4n) is 1.72. The largest absolute Gasteiger partial charge is 0.252 e. The van der Waals surface area contributed by atoms with E-state index in [0.29, 0.717) is 5.78 Å². The maximum Gasteiger partial charge on any atom is 0.252 e. The minimum atomic E-state index is 0.638. The fraction of sp³-hybridized carbons (Fsp3) is 0.312. The van der Waals surface area contributed by atoms with Gasteiger partial charge in [0.2, 0.25) is 0 Å². The van der Waals surface area contributed by atoms with Gasteiger partial charge in [-0.2, -0.15) is 10.1 Å². The van der Waals surface area contributed by atoms with Crippen LogP contribution in [0.2, 0.25) is 0 Å². The Balaban J connectivity index is 0.000000461. The van der Waals surface area contributed by atoms with E-state index in [1.54, 1.807) is 4.52 Å². The lowest BCUT2D eigenvalue weighted by molar-refractivity contribution is 0.896. The van der Waals surface area contributed by atoms with Crippen LogP contribution >= 0.6 is 0 Å². The van der Waals surface area contributed by atoms with E-state index in [1.165, 1.54) is 6.33 Å². The molecule has 2 heterocycles. The molecule has 4 nitrogen and oxygen atoms in total. The van der Waals surface area contributed by atoms with Crippen LogP contribution in [-0.4, -0.2) is 19.6 Å². The smallest absolute Gasteiger partial charge is 0.211 e. The van der Waals surface area contributed by atoms with Gasteiger partial charge in [0.25, 0.3) is 5.78 Å². The maximum atomic E-state index is 4.46. The van der Waals surface area contributed by atoms with Gasteiger partial charge in [-0.05, 0) is 13.0 Å². The Morgan fingerprint density at radius 3 is 2.25 bits per heavy atom. The first kappa shape index (κ1) is 15.8. The first-order chi connectivity index (χ1) is 9.84. The number of nitrogens with zero attached hydrogens (tertiary/aromatic N) is 4. The molecule has 0 fully saturated rings. The van der Waals surface area contributed by atoms with Crippen LogP contribution in [0.25, 0.3) is 17.0 Å². The van der Waals surface area contributed by atoms with Crippen LogP contribution in [0.15, 0.2) is 42.7 Å². The molecular weight excluding hydrogens is 248 g/mol. The molecule has 0 saturated carbocycles. The van der Waals surface area contributed by atoms with Crippen molar-refractivity contribution < 1.29 is 0 Å². The van der Waals surface area contributed by atoms with E-state index in [1.807, 2.05) is 71.0 Å². The summed E-state index contributed by atoms with van der Waals surface area (Å²) in [5.41, 5.74) is 3.05. The molecule has 3 aromatic rings. The highest BCUT2D eigenvalue weighted by molar-refractivity contribution is 5.61. The first-order valence-electron chi connectivity index (χ1n) is 7.07. The Morgan fingerprint density at radius 1 is 0.950 bits per heavy atom. The van der Waals surface area contributed by atoms with Crippen LogP contribution in [-0.2, 0) is 0 Å². The average Bonchev–Trinajstić information content (AvgIpc) is 3.01. The summed E-state index contributed by atoms with van der Waals surface area (Å²) >= 11 is 0. The SMILES string of the molecule is CC.CC.Cc1cc(-c2ccccc2)nc2ncnn12. The highest BCUT2D eigenvalue weighted by Crippen LogP contribution is 2.17. The van der Waals surface area contributed by atoms with E-state index < -0.39 is 0 Å². The summed E-state index contributed by atoms with van der Waals surface area (Å²) in [6.07, 6.45) is 1.52. The number of hydrogen-bond donors (Lipinski definition) is 0. The van der Waals surface area contributed by atoms with Crippen molar-refractivity contribution >= 4 is 5.78 Å². The minimum Gasteiger partial charge on any atom is -0.211 e. The number of aromatic nitrogens is 4. The van der Waals surface area contributed by atoms with Crippen LogP contribution in [0.1, 0.15) is 33.4 Å². The summed E-state index contributed by atoms with van der Waals surface area (Å²) in [7, 11) is 0. The quantitative estimate of drug-likeness (QED) is 0.667. The van der Waals surface area contributed by atoms with Gasteiger partial charge in [-0.3, -0.25) is 0 Å². The van der Waals surface area contributed by atoms with Gasteiger partial charge in [0.1, 0.15) is 6.33 Å². The molecule has 0 atom stereocenters. The molecule has 2 aromatic heterocycles. The van der Waals surface area contributed by atoms with Crippen LogP contribution in [0.3, 0.4) is 0 Å². The molecule has 4 heteroatoms.